The minimum Gasteiger partial charge on any atom is -0.345 e. The number of hydrogen-bond donors (Lipinski definition) is 1. The van der Waals surface area contributed by atoms with Crippen molar-refractivity contribution in [3.63, 3.8) is 0 Å². The first-order chi connectivity index (χ1) is 7.22. The molecule has 0 spiro atoms. The van der Waals surface area contributed by atoms with Crippen LogP contribution in [0.4, 0.5) is 0 Å². The number of fused-ring (bicyclic) bond motifs is 1. The number of H-pyrrole nitrogens is 1. The molecule has 0 aromatic carbocycles. The minimum absolute atomic E-state index is 0.0381. The summed E-state index contributed by atoms with van der Waals surface area (Å²) in [6, 6.07) is 1.88. The topological polar surface area (TPSA) is 45.8 Å². The Bertz CT molecular complexity index is 509. The van der Waals surface area contributed by atoms with Crippen LogP contribution in [0, 0.1) is 0 Å². The van der Waals surface area contributed by atoms with E-state index in [0.717, 1.165) is 15.5 Å². The van der Waals surface area contributed by atoms with E-state index in [0.29, 0.717) is 17.9 Å². The maximum absolute atomic E-state index is 11.7. The van der Waals surface area contributed by atoms with E-state index in [-0.39, 0.29) is 5.78 Å². The molecule has 2 rings (SSSR count). The fourth-order valence-electron chi connectivity index (χ4n) is 1.43. The predicted molar refractivity (Wildman–Crippen MR) is 63.5 cm³/mol. The molecule has 3 nitrogen and oxygen atoms in total. The Morgan fingerprint density at radius 3 is 3.13 bits per heavy atom. The Hall–Kier alpha value is -0.870. The smallest absolute Gasteiger partial charge is 0.166 e. The van der Waals surface area contributed by atoms with Crippen LogP contribution in [0.1, 0.15) is 16.8 Å². The van der Waals surface area contributed by atoms with Gasteiger partial charge in [-0.3, -0.25) is 4.79 Å². The summed E-state index contributed by atoms with van der Waals surface area (Å²) in [7, 11) is 0. The highest BCUT2D eigenvalue weighted by Gasteiger charge is 2.12. The highest BCUT2D eigenvalue weighted by Crippen LogP contribution is 2.21. The Kier molecular flexibility index (Phi) is 3.07. The van der Waals surface area contributed by atoms with Crippen LogP contribution in [0.3, 0.4) is 0 Å². The van der Waals surface area contributed by atoms with Crippen molar-refractivity contribution in [3.8, 4) is 0 Å². The van der Waals surface area contributed by atoms with Crippen LogP contribution in [0.5, 0.6) is 0 Å². The van der Waals surface area contributed by atoms with Gasteiger partial charge in [-0.1, -0.05) is 0 Å². The molecular weight excluding hydrogens is 279 g/mol. The molecule has 0 bridgehead atoms. The first-order valence-electron chi connectivity index (χ1n) is 4.44. The van der Waals surface area contributed by atoms with Gasteiger partial charge in [0.1, 0.15) is 5.65 Å². The van der Waals surface area contributed by atoms with Crippen LogP contribution in [-0.2, 0) is 0 Å². The second-order valence-corrected chi connectivity index (χ2v) is 4.41. The van der Waals surface area contributed by atoms with Gasteiger partial charge in [0.25, 0.3) is 0 Å². The summed E-state index contributed by atoms with van der Waals surface area (Å²) in [6.45, 7) is 0. The lowest BCUT2D eigenvalue weighted by molar-refractivity contribution is 0.0991. The summed E-state index contributed by atoms with van der Waals surface area (Å²) in [5.74, 6) is 0.378. The largest absolute Gasteiger partial charge is 0.345 e. The average Bonchev–Trinajstić information content (AvgIpc) is 2.60. The SMILES string of the molecule is O=C(CCCl)c1c[nH]c2ncc(Br)cc12. The third-order valence-electron chi connectivity index (χ3n) is 2.12. The minimum atomic E-state index is 0.0381. The van der Waals surface area contributed by atoms with Crippen LogP contribution in [0.2, 0.25) is 0 Å². The number of aromatic nitrogens is 2. The van der Waals surface area contributed by atoms with Gasteiger partial charge in [-0.2, -0.15) is 0 Å². The van der Waals surface area contributed by atoms with E-state index in [4.69, 9.17) is 11.6 Å². The lowest BCUT2D eigenvalue weighted by atomic mass is 10.1. The number of nitrogens with one attached hydrogen (secondary N) is 1. The first kappa shape index (κ1) is 10.6. The molecule has 0 saturated heterocycles. The molecule has 0 saturated carbocycles. The molecule has 0 aliphatic carbocycles. The predicted octanol–water partition coefficient (Wildman–Crippen LogP) is 3.14. The van der Waals surface area contributed by atoms with E-state index in [1.54, 1.807) is 12.4 Å². The van der Waals surface area contributed by atoms with Crippen LogP contribution in [-0.4, -0.2) is 21.6 Å². The highest BCUT2D eigenvalue weighted by atomic mass is 79.9. The summed E-state index contributed by atoms with van der Waals surface area (Å²) in [5, 5.41) is 0.833. The normalized spacial score (nSPS) is 10.8. The lowest BCUT2D eigenvalue weighted by Gasteiger charge is -1.96. The van der Waals surface area contributed by atoms with Crippen molar-refractivity contribution in [3.05, 3.63) is 28.5 Å². The molecular formula is C10H8BrClN2O. The van der Waals surface area contributed by atoms with Crippen LogP contribution in [0.15, 0.2) is 22.9 Å². The zero-order chi connectivity index (χ0) is 10.8. The van der Waals surface area contributed by atoms with Crippen molar-refractivity contribution in [1.29, 1.82) is 0 Å². The standard InChI is InChI=1S/C10H8BrClN2O/c11-6-3-7-8(9(15)1-2-12)5-14-10(7)13-4-6/h3-5H,1-2H2,(H,13,14). The van der Waals surface area contributed by atoms with Crippen molar-refractivity contribution >= 4 is 44.3 Å². The summed E-state index contributed by atoms with van der Waals surface area (Å²) < 4.78 is 0.856. The maximum Gasteiger partial charge on any atom is 0.166 e. The van der Waals surface area contributed by atoms with Gasteiger partial charge < -0.3 is 4.98 Å². The Labute approximate surface area is 100.0 Å². The molecule has 15 heavy (non-hydrogen) atoms. The van der Waals surface area contributed by atoms with Gasteiger partial charge in [0.05, 0.1) is 0 Å². The second-order valence-electron chi connectivity index (χ2n) is 3.11. The van der Waals surface area contributed by atoms with Crippen LogP contribution >= 0.6 is 27.5 Å². The van der Waals surface area contributed by atoms with Crippen molar-refractivity contribution in [2.24, 2.45) is 0 Å². The molecule has 2 aromatic rings. The number of aromatic amines is 1. The number of hydrogen-bond acceptors (Lipinski definition) is 2. The molecule has 1 N–H and O–H groups in total. The van der Waals surface area contributed by atoms with Gasteiger partial charge in [-0.15, -0.1) is 11.6 Å². The van der Waals surface area contributed by atoms with E-state index in [1.165, 1.54) is 0 Å². The van der Waals surface area contributed by atoms with Gasteiger partial charge in [-0.25, -0.2) is 4.98 Å². The van der Waals surface area contributed by atoms with Crippen molar-refractivity contribution < 1.29 is 4.79 Å². The fourth-order valence-corrected chi connectivity index (χ4v) is 1.93. The Balaban J connectivity index is 2.52. The monoisotopic (exact) mass is 286 g/mol. The summed E-state index contributed by atoms with van der Waals surface area (Å²) in [6.07, 6.45) is 3.72. The molecule has 0 radical (unpaired) electrons. The third-order valence-corrected chi connectivity index (χ3v) is 2.74. The highest BCUT2D eigenvalue weighted by molar-refractivity contribution is 9.10. The number of rotatable bonds is 3. The van der Waals surface area contributed by atoms with Crippen molar-refractivity contribution in [2.45, 2.75) is 6.42 Å². The van der Waals surface area contributed by atoms with E-state index in [1.807, 2.05) is 6.07 Å². The van der Waals surface area contributed by atoms with Gasteiger partial charge in [0.2, 0.25) is 0 Å². The van der Waals surface area contributed by atoms with E-state index >= 15 is 0 Å². The molecule has 0 amide bonds. The van der Waals surface area contributed by atoms with E-state index in [2.05, 4.69) is 25.9 Å². The number of nitrogens with zero attached hydrogens (tertiary/aromatic N) is 1. The van der Waals surface area contributed by atoms with E-state index < -0.39 is 0 Å². The van der Waals surface area contributed by atoms with Crippen molar-refractivity contribution in [1.82, 2.24) is 9.97 Å². The number of Topliss-reactive ketones (excluding diaryl/α,β-unsaturated/α-hetero) is 1. The van der Waals surface area contributed by atoms with Gasteiger partial charge >= 0.3 is 0 Å². The van der Waals surface area contributed by atoms with Gasteiger partial charge in [0.15, 0.2) is 5.78 Å². The molecule has 2 heterocycles. The molecule has 0 unspecified atom stereocenters. The van der Waals surface area contributed by atoms with Gasteiger partial charge in [-0.05, 0) is 22.0 Å². The molecule has 78 valence electrons. The summed E-state index contributed by atoms with van der Waals surface area (Å²) >= 11 is 8.87. The molecule has 0 fully saturated rings. The number of alkyl halides is 1. The summed E-state index contributed by atoms with van der Waals surface area (Å²) in [4.78, 5) is 18.8. The molecule has 0 atom stereocenters. The molecule has 2 aromatic heterocycles. The number of halogens is 2. The third kappa shape index (κ3) is 2.06. The van der Waals surface area contributed by atoms with Crippen LogP contribution < -0.4 is 0 Å². The zero-order valence-corrected chi connectivity index (χ0v) is 10.1. The van der Waals surface area contributed by atoms with E-state index in [9.17, 15) is 4.79 Å². The fraction of sp³-hybridized carbons (Fsp3) is 0.200. The first-order valence-corrected chi connectivity index (χ1v) is 5.77. The number of carbonyl (C=O) groups excluding carboxylic acids is 1. The zero-order valence-electron chi connectivity index (χ0n) is 7.76. The number of pyridine rings is 1. The lowest BCUT2D eigenvalue weighted by Crippen LogP contribution is -1.98. The molecule has 5 heteroatoms. The number of carbonyl (C=O) groups is 1. The van der Waals surface area contributed by atoms with Crippen LogP contribution in [0.25, 0.3) is 11.0 Å². The Morgan fingerprint density at radius 1 is 1.60 bits per heavy atom. The summed E-state index contributed by atoms with van der Waals surface area (Å²) in [5.41, 5.74) is 1.37. The Morgan fingerprint density at radius 2 is 2.40 bits per heavy atom. The quantitative estimate of drug-likeness (QED) is 0.696. The second kappa shape index (κ2) is 4.33. The number of ketones is 1. The molecule has 0 aliphatic heterocycles. The van der Waals surface area contributed by atoms with Crippen molar-refractivity contribution in [2.75, 3.05) is 5.88 Å². The molecule has 0 aliphatic rings. The van der Waals surface area contributed by atoms with Gasteiger partial charge in [0, 0.05) is 40.1 Å². The average molecular weight is 288 g/mol. The maximum atomic E-state index is 11.7.